The number of benzene rings is 1. The van der Waals surface area contributed by atoms with E-state index >= 15 is 0 Å². The Bertz CT molecular complexity index is 458. The van der Waals surface area contributed by atoms with Crippen molar-refractivity contribution >= 4 is 11.7 Å². The molecule has 3 nitrogen and oxygen atoms in total. The van der Waals surface area contributed by atoms with Gasteiger partial charge in [0.25, 0.3) is 0 Å². The Morgan fingerprint density at radius 2 is 2.00 bits per heavy atom. The first-order valence-electron chi connectivity index (χ1n) is 5.93. The monoisotopic (exact) mass is 275 g/mol. The molecule has 0 fully saturated rings. The average Bonchev–Trinajstić information content (AvgIpc) is 2.34. The van der Waals surface area contributed by atoms with Crippen molar-refractivity contribution in [3.8, 4) is 0 Å². The van der Waals surface area contributed by atoms with Crippen LogP contribution in [0.1, 0.15) is 35.7 Å². The second kappa shape index (κ2) is 5.95. The van der Waals surface area contributed by atoms with Gasteiger partial charge in [-0.15, -0.1) is 0 Å². The van der Waals surface area contributed by atoms with Crippen LogP contribution >= 0.6 is 0 Å². The topological polar surface area (TPSA) is 40.5 Å². The highest BCUT2D eigenvalue weighted by Gasteiger charge is 2.35. The molecule has 0 bridgehead atoms. The summed E-state index contributed by atoms with van der Waals surface area (Å²) in [6.07, 6.45) is -2.81. The fourth-order valence-corrected chi connectivity index (χ4v) is 1.72. The normalized spacial score (nSPS) is 11.4. The Kier molecular flexibility index (Phi) is 4.80. The number of hydrogen-bond donors (Lipinski definition) is 1. The molecular formula is C13H16F3NO2. The summed E-state index contributed by atoms with van der Waals surface area (Å²) in [6.45, 7) is 2.67. The SMILES string of the molecule is CCCCN(C)c1ccc(C(F)(F)F)c(C(=O)O)c1. The Hall–Kier alpha value is -1.72. The molecule has 0 aromatic heterocycles. The van der Waals surface area contributed by atoms with Crippen LogP contribution in [0.2, 0.25) is 0 Å². The Labute approximate surface area is 109 Å². The van der Waals surface area contributed by atoms with Crippen LogP contribution in [0.3, 0.4) is 0 Å². The van der Waals surface area contributed by atoms with Gasteiger partial charge in [-0.05, 0) is 24.6 Å². The van der Waals surface area contributed by atoms with Gasteiger partial charge in [-0.3, -0.25) is 0 Å². The van der Waals surface area contributed by atoms with E-state index in [-0.39, 0.29) is 0 Å². The number of carboxylic acids is 1. The van der Waals surface area contributed by atoms with Crippen LogP contribution in [0.25, 0.3) is 0 Å². The van der Waals surface area contributed by atoms with E-state index in [2.05, 4.69) is 0 Å². The van der Waals surface area contributed by atoms with Gasteiger partial charge in [0.15, 0.2) is 0 Å². The number of hydrogen-bond acceptors (Lipinski definition) is 2. The lowest BCUT2D eigenvalue weighted by Crippen LogP contribution is -2.20. The van der Waals surface area contributed by atoms with Crippen molar-refractivity contribution in [2.24, 2.45) is 0 Å². The highest BCUT2D eigenvalue weighted by atomic mass is 19.4. The molecule has 1 aromatic carbocycles. The molecule has 0 spiro atoms. The summed E-state index contributed by atoms with van der Waals surface area (Å²) in [7, 11) is 1.73. The number of rotatable bonds is 5. The summed E-state index contributed by atoms with van der Waals surface area (Å²) >= 11 is 0. The van der Waals surface area contributed by atoms with Crippen LogP contribution in [0, 0.1) is 0 Å². The van der Waals surface area contributed by atoms with E-state index in [1.165, 1.54) is 6.07 Å². The average molecular weight is 275 g/mol. The van der Waals surface area contributed by atoms with Crippen molar-refractivity contribution in [2.75, 3.05) is 18.5 Å². The minimum absolute atomic E-state index is 0.471. The molecule has 1 N–H and O–H groups in total. The summed E-state index contributed by atoms with van der Waals surface area (Å²) in [5.41, 5.74) is -1.36. The van der Waals surface area contributed by atoms with Gasteiger partial charge in [-0.2, -0.15) is 13.2 Å². The molecular weight excluding hydrogens is 259 g/mol. The zero-order chi connectivity index (χ0) is 14.6. The zero-order valence-electron chi connectivity index (χ0n) is 10.8. The molecule has 0 radical (unpaired) electrons. The molecule has 0 heterocycles. The van der Waals surface area contributed by atoms with Gasteiger partial charge in [0, 0.05) is 19.3 Å². The lowest BCUT2D eigenvalue weighted by atomic mass is 10.1. The van der Waals surface area contributed by atoms with Gasteiger partial charge >= 0.3 is 12.1 Å². The van der Waals surface area contributed by atoms with Gasteiger partial charge in [0.2, 0.25) is 0 Å². The molecule has 6 heteroatoms. The Morgan fingerprint density at radius 3 is 2.47 bits per heavy atom. The summed E-state index contributed by atoms with van der Waals surface area (Å²) < 4.78 is 38.0. The number of anilines is 1. The molecule has 0 saturated heterocycles. The van der Waals surface area contributed by atoms with Crippen molar-refractivity contribution in [1.82, 2.24) is 0 Å². The molecule has 0 aliphatic rings. The largest absolute Gasteiger partial charge is 0.478 e. The molecule has 19 heavy (non-hydrogen) atoms. The number of carboxylic acid groups (broad SMARTS) is 1. The van der Waals surface area contributed by atoms with E-state index in [1.807, 2.05) is 6.92 Å². The molecule has 0 aliphatic heterocycles. The van der Waals surface area contributed by atoms with E-state index < -0.39 is 23.3 Å². The second-order valence-corrected chi connectivity index (χ2v) is 4.31. The van der Waals surface area contributed by atoms with Gasteiger partial charge in [0.1, 0.15) is 0 Å². The molecule has 1 rings (SSSR count). The lowest BCUT2D eigenvalue weighted by Gasteiger charge is -2.20. The molecule has 0 amide bonds. The summed E-state index contributed by atoms with van der Waals surface area (Å²) in [5.74, 6) is -1.57. The minimum Gasteiger partial charge on any atom is -0.478 e. The maximum absolute atomic E-state index is 12.7. The maximum atomic E-state index is 12.7. The third-order valence-electron chi connectivity index (χ3n) is 2.83. The number of nitrogens with zero attached hydrogens (tertiary/aromatic N) is 1. The van der Waals surface area contributed by atoms with Crippen molar-refractivity contribution in [1.29, 1.82) is 0 Å². The van der Waals surface area contributed by atoms with Gasteiger partial charge in [-0.1, -0.05) is 13.3 Å². The van der Waals surface area contributed by atoms with Gasteiger partial charge in [-0.25, -0.2) is 4.79 Å². The lowest BCUT2D eigenvalue weighted by molar-refractivity contribution is -0.138. The smallest absolute Gasteiger partial charge is 0.417 e. The summed E-state index contributed by atoms with van der Waals surface area (Å²) in [4.78, 5) is 12.7. The fraction of sp³-hybridized carbons (Fsp3) is 0.462. The van der Waals surface area contributed by atoms with Crippen molar-refractivity contribution in [2.45, 2.75) is 25.9 Å². The number of aromatic carboxylic acids is 1. The maximum Gasteiger partial charge on any atom is 0.417 e. The van der Waals surface area contributed by atoms with Crippen LogP contribution in [0.4, 0.5) is 18.9 Å². The van der Waals surface area contributed by atoms with Gasteiger partial charge in [0.05, 0.1) is 11.1 Å². The molecule has 0 aliphatic carbocycles. The number of unbranched alkanes of at least 4 members (excludes halogenated alkanes) is 1. The standard InChI is InChI=1S/C13H16F3NO2/c1-3-4-7-17(2)9-5-6-11(13(14,15)16)10(8-9)12(18)19/h5-6,8H,3-4,7H2,1-2H3,(H,18,19). The van der Waals surface area contributed by atoms with Crippen LogP contribution < -0.4 is 4.90 Å². The molecule has 0 unspecified atom stereocenters. The third-order valence-corrected chi connectivity index (χ3v) is 2.83. The quantitative estimate of drug-likeness (QED) is 0.891. The predicted molar refractivity (Wildman–Crippen MR) is 66.6 cm³/mol. The van der Waals surface area contributed by atoms with Crippen LogP contribution in [0.15, 0.2) is 18.2 Å². The first-order valence-corrected chi connectivity index (χ1v) is 5.93. The molecule has 0 atom stereocenters. The Morgan fingerprint density at radius 1 is 1.37 bits per heavy atom. The van der Waals surface area contributed by atoms with Crippen molar-refractivity contribution < 1.29 is 23.1 Å². The number of carbonyl (C=O) groups is 1. The third kappa shape index (κ3) is 3.87. The van der Waals surface area contributed by atoms with Crippen LogP contribution in [0.5, 0.6) is 0 Å². The number of alkyl halides is 3. The highest BCUT2D eigenvalue weighted by molar-refractivity contribution is 5.91. The van der Waals surface area contributed by atoms with E-state index in [0.717, 1.165) is 25.0 Å². The predicted octanol–water partition coefficient (Wildman–Crippen LogP) is 3.64. The van der Waals surface area contributed by atoms with Crippen LogP contribution in [-0.2, 0) is 6.18 Å². The van der Waals surface area contributed by atoms with E-state index in [0.29, 0.717) is 12.2 Å². The van der Waals surface area contributed by atoms with Crippen LogP contribution in [-0.4, -0.2) is 24.7 Å². The first-order chi connectivity index (χ1) is 8.77. The molecule has 1 aromatic rings. The first kappa shape index (κ1) is 15.3. The number of halogens is 3. The molecule has 106 valence electrons. The van der Waals surface area contributed by atoms with E-state index in [9.17, 15) is 18.0 Å². The van der Waals surface area contributed by atoms with Crippen molar-refractivity contribution in [3.63, 3.8) is 0 Å². The molecule has 0 saturated carbocycles. The summed E-state index contributed by atoms with van der Waals surface area (Å²) in [6, 6.07) is 3.19. The minimum atomic E-state index is -4.66. The highest BCUT2D eigenvalue weighted by Crippen LogP contribution is 2.33. The van der Waals surface area contributed by atoms with Crippen molar-refractivity contribution in [3.05, 3.63) is 29.3 Å². The van der Waals surface area contributed by atoms with Gasteiger partial charge < -0.3 is 10.0 Å². The second-order valence-electron chi connectivity index (χ2n) is 4.31. The van der Waals surface area contributed by atoms with E-state index in [1.54, 1.807) is 11.9 Å². The zero-order valence-corrected chi connectivity index (χ0v) is 10.8. The summed E-state index contributed by atoms with van der Waals surface area (Å²) in [5, 5.41) is 8.89. The van der Waals surface area contributed by atoms with E-state index in [4.69, 9.17) is 5.11 Å². The Balaban J connectivity index is 3.13. The fourth-order valence-electron chi connectivity index (χ4n) is 1.72.